The predicted molar refractivity (Wildman–Crippen MR) is 121 cm³/mol. The van der Waals surface area contributed by atoms with Gasteiger partial charge in [0.05, 0.1) is 17.2 Å². The minimum atomic E-state index is -0.138. The zero-order valence-corrected chi connectivity index (χ0v) is 19.1. The van der Waals surface area contributed by atoms with Gasteiger partial charge >= 0.3 is 0 Å². The molecule has 2 atom stereocenters. The molecule has 0 radical (unpaired) electrons. The summed E-state index contributed by atoms with van der Waals surface area (Å²) in [4.78, 5) is 18.9. The average Bonchev–Trinajstić information content (AvgIpc) is 3.27. The molecule has 2 N–H and O–H groups in total. The van der Waals surface area contributed by atoms with E-state index in [0.717, 1.165) is 25.1 Å². The number of rotatable bonds is 6. The van der Waals surface area contributed by atoms with Crippen LogP contribution in [-0.4, -0.2) is 40.7 Å². The van der Waals surface area contributed by atoms with E-state index in [1.165, 1.54) is 0 Å². The molecule has 5 nitrogen and oxygen atoms in total. The maximum Gasteiger partial charge on any atom is 0.235 e. The Balaban J connectivity index is 0.00000196. The molecule has 3 rings (SSSR count). The summed E-state index contributed by atoms with van der Waals surface area (Å²) in [6, 6.07) is 7.43. The Morgan fingerprint density at radius 1 is 1.39 bits per heavy atom. The smallest absolute Gasteiger partial charge is 0.235 e. The summed E-state index contributed by atoms with van der Waals surface area (Å²) in [7, 11) is 0. The highest BCUT2D eigenvalue weighted by molar-refractivity contribution is 7.99. The standard InChI is InChI=1S/C19H24ClN3O2S.2ClH/c1-13(18(24)23-8-7-19(2,11-21)12-23)26-10-17-22-9-16(25-17)14-3-5-15(20)6-4-14;;/h3-6,9,13H,7-8,10-12,21H2,1-2H3;2*1H. The molecule has 0 spiro atoms. The highest BCUT2D eigenvalue weighted by Crippen LogP contribution is 2.31. The number of thioether (sulfide) groups is 1. The molecule has 1 saturated heterocycles. The first-order valence-electron chi connectivity index (χ1n) is 8.71. The summed E-state index contributed by atoms with van der Waals surface area (Å²) in [5.41, 5.74) is 6.81. The van der Waals surface area contributed by atoms with Gasteiger partial charge in [0.25, 0.3) is 0 Å². The molecule has 0 aliphatic carbocycles. The van der Waals surface area contributed by atoms with E-state index in [-0.39, 0.29) is 41.4 Å². The van der Waals surface area contributed by atoms with Gasteiger partial charge in [-0.1, -0.05) is 18.5 Å². The fraction of sp³-hybridized carbons (Fsp3) is 0.474. The van der Waals surface area contributed by atoms with E-state index >= 15 is 0 Å². The quantitative estimate of drug-likeness (QED) is 0.670. The number of amides is 1. The Kier molecular flexibility index (Phi) is 9.64. The molecular formula is C19H26Cl3N3O2S. The molecule has 28 heavy (non-hydrogen) atoms. The van der Waals surface area contributed by atoms with Gasteiger partial charge in [0.15, 0.2) is 5.76 Å². The lowest BCUT2D eigenvalue weighted by atomic mass is 9.90. The third-order valence-electron chi connectivity index (χ3n) is 4.85. The fourth-order valence-electron chi connectivity index (χ4n) is 3.03. The fourth-order valence-corrected chi connectivity index (χ4v) is 3.97. The van der Waals surface area contributed by atoms with Crippen LogP contribution in [0.5, 0.6) is 0 Å². The Morgan fingerprint density at radius 3 is 2.68 bits per heavy atom. The van der Waals surface area contributed by atoms with Crippen molar-refractivity contribution in [2.75, 3.05) is 19.6 Å². The summed E-state index contributed by atoms with van der Waals surface area (Å²) in [6.45, 7) is 6.23. The lowest BCUT2D eigenvalue weighted by Gasteiger charge is -2.24. The maximum atomic E-state index is 12.6. The van der Waals surface area contributed by atoms with Crippen molar-refractivity contribution in [3.8, 4) is 11.3 Å². The van der Waals surface area contributed by atoms with Crippen molar-refractivity contribution < 1.29 is 9.21 Å². The molecule has 156 valence electrons. The molecule has 1 aliphatic rings. The van der Waals surface area contributed by atoms with Crippen LogP contribution in [0.4, 0.5) is 0 Å². The molecule has 2 heterocycles. The van der Waals surface area contributed by atoms with Crippen LogP contribution in [0, 0.1) is 5.41 Å². The van der Waals surface area contributed by atoms with Crippen molar-refractivity contribution in [1.82, 2.24) is 9.88 Å². The molecule has 1 amide bonds. The van der Waals surface area contributed by atoms with Crippen molar-refractivity contribution in [3.05, 3.63) is 41.4 Å². The Labute approximate surface area is 187 Å². The van der Waals surface area contributed by atoms with Crippen LogP contribution in [0.3, 0.4) is 0 Å². The van der Waals surface area contributed by atoms with Gasteiger partial charge in [-0.15, -0.1) is 36.6 Å². The first-order valence-corrected chi connectivity index (χ1v) is 10.1. The van der Waals surface area contributed by atoms with Gasteiger partial charge in [0.1, 0.15) is 0 Å². The third kappa shape index (κ3) is 6.04. The summed E-state index contributed by atoms with van der Waals surface area (Å²) in [5, 5.41) is 0.546. The first-order chi connectivity index (χ1) is 12.4. The minimum absolute atomic E-state index is 0. The monoisotopic (exact) mass is 465 g/mol. The lowest BCUT2D eigenvalue weighted by Crippen LogP contribution is -2.38. The molecular weight excluding hydrogens is 441 g/mol. The molecule has 0 bridgehead atoms. The number of hydrogen-bond donors (Lipinski definition) is 1. The molecule has 2 unspecified atom stereocenters. The SMILES string of the molecule is CC(SCc1ncc(-c2ccc(Cl)cc2)o1)C(=O)N1CCC(C)(CN)C1.Cl.Cl. The second-order valence-corrected chi connectivity index (χ2v) is 8.87. The highest BCUT2D eigenvalue weighted by atomic mass is 35.5. The molecule has 1 aromatic carbocycles. The van der Waals surface area contributed by atoms with Crippen LogP contribution in [0.1, 0.15) is 26.2 Å². The number of nitrogens with two attached hydrogens (primary N) is 1. The number of aromatic nitrogens is 1. The second-order valence-electron chi connectivity index (χ2n) is 7.10. The van der Waals surface area contributed by atoms with Gasteiger partial charge in [0, 0.05) is 23.7 Å². The lowest BCUT2D eigenvalue weighted by molar-refractivity contribution is -0.129. The predicted octanol–water partition coefficient (Wildman–Crippen LogP) is 4.66. The van der Waals surface area contributed by atoms with E-state index in [4.69, 9.17) is 21.8 Å². The van der Waals surface area contributed by atoms with E-state index in [2.05, 4.69) is 11.9 Å². The van der Waals surface area contributed by atoms with Gasteiger partial charge in [-0.25, -0.2) is 4.98 Å². The Hall–Kier alpha value is -0.920. The van der Waals surface area contributed by atoms with Crippen LogP contribution >= 0.6 is 48.2 Å². The highest BCUT2D eigenvalue weighted by Gasteiger charge is 2.36. The van der Waals surface area contributed by atoms with Crippen LogP contribution in [0.2, 0.25) is 5.02 Å². The van der Waals surface area contributed by atoms with Crippen molar-refractivity contribution in [3.63, 3.8) is 0 Å². The molecule has 2 aromatic rings. The molecule has 9 heteroatoms. The van der Waals surface area contributed by atoms with E-state index in [1.807, 2.05) is 36.1 Å². The van der Waals surface area contributed by atoms with Gasteiger partial charge < -0.3 is 15.1 Å². The molecule has 1 fully saturated rings. The largest absolute Gasteiger partial charge is 0.440 e. The molecule has 1 aromatic heterocycles. The van der Waals surface area contributed by atoms with Crippen molar-refractivity contribution >= 4 is 54.1 Å². The van der Waals surface area contributed by atoms with E-state index in [1.54, 1.807) is 18.0 Å². The number of oxazole rings is 1. The number of likely N-dealkylation sites (tertiary alicyclic amines) is 1. The van der Waals surface area contributed by atoms with E-state index in [9.17, 15) is 4.79 Å². The number of halogens is 3. The average molecular weight is 467 g/mol. The number of nitrogens with zero attached hydrogens (tertiary/aromatic N) is 2. The zero-order valence-electron chi connectivity index (χ0n) is 15.9. The summed E-state index contributed by atoms with van der Waals surface area (Å²) < 4.78 is 5.80. The Bertz CT molecular complexity index is 772. The minimum Gasteiger partial charge on any atom is -0.440 e. The summed E-state index contributed by atoms with van der Waals surface area (Å²) in [6.07, 6.45) is 2.68. The van der Waals surface area contributed by atoms with Crippen molar-refractivity contribution in [2.24, 2.45) is 11.1 Å². The van der Waals surface area contributed by atoms with Gasteiger partial charge in [-0.3, -0.25) is 4.79 Å². The van der Waals surface area contributed by atoms with E-state index < -0.39 is 0 Å². The maximum absolute atomic E-state index is 12.6. The number of carbonyl (C=O) groups excluding carboxylic acids is 1. The Morgan fingerprint density at radius 2 is 2.07 bits per heavy atom. The molecule has 1 aliphatic heterocycles. The number of hydrogen-bond acceptors (Lipinski definition) is 5. The van der Waals surface area contributed by atoms with Gasteiger partial charge in [-0.2, -0.15) is 0 Å². The van der Waals surface area contributed by atoms with Gasteiger partial charge in [-0.05, 0) is 49.6 Å². The third-order valence-corrected chi connectivity index (χ3v) is 6.22. The van der Waals surface area contributed by atoms with Crippen molar-refractivity contribution in [1.29, 1.82) is 0 Å². The number of benzene rings is 1. The first kappa shape index (κ1) is 25.1. The van der Waals surface area contributed by atoms with Crippen molar-refractivity contribution in [2.45, 2.75) is 31.3 Å². The van der Waals surface area contributed by atoms with Crippen LogP contribution in [0.15, 0.2) is 34.9 Å². The van der Waals surface area contributed by atoms with Gasteiger partial charge in [0.2, 0.25) is 11.8 Å². The zero-order chi connectivity index (χ0) is 18.7. The molecule has 0 saturated carbocycles. The summed E-state index contributed by atoms with van der Waals surface area (Å²) in [5.74, 6) is 2.04. The van der Waals surface area contributed by atoms with Crippen LogP contribution < -0.4 is 5.73 Å². The van der Waals surface area contributed by atoms with Crippen LogP contribution in [0.25, 0.3) is 11.3 Å². The normalized spacial score (nSPS) is 19.6. The number of carbonyl (C=O) groups is 1. The van der Waals surface area contributed by atoms with Crippen LogP contribution in [-0.2, 0) is 10.5 Å². The summed E-state index contributed by atoms with van der Waals surface area (Å²) >= 11 is 7.45. The topological polar surface area (TPSA) is 72.4 Å². The van der Waals surface area contributed by atoms with E-state index in [0.29, 0.717) is 29.0 Å². The second kappa shape index (κ2) is 10.7.